The zero-order chi connectivity index (χ0) is 13.7. The van der Waals surface area contributed by atoms with Gasteiger partial charge in [0, 0.05) is 6.54 Å². The number of nitrogens with two attached hydrogens (primary N) is 1. The summed E-state index contributed by atoms with van der Waals surface area (Å²) < 4.78 is 5.00. The van der Waals surface area contributed by atoms with E-state index in [9.17, 15) is 4.79 Å². The highest BCUT2D eigenvalue weighted by Crippen LogP contribution is 2.33. The quantitative estimate of drug-likeness (QED) is 0.583. The molecule has 3 N–H and O–H groups in total. The van der Waals surface area contributed by atoms with Crippen LogP contribution in [0.15, 0.2) is 12.3 Å². The van der Waals surface area contributed by atoms with Gasteiger partial charge in [-0.15, -0.1) is 0 Å². The number of hydrogen-bond acceptors (Lipinski definition) is 5. The second-order valence-electron chi connectivity index (χ2n) is 4.90. The monoisotopic (exact) mass is 263 g/mol. The van der Waals surface area contributed by atoms with E-state index in [0.717, 1.165) is 18.9 Å². The molecule has 0 aromatic carbocycles. The Morgan fingerprint density at radius 1 is 1.58 bits per heavy atom. The van der Waals surface area contributed by atoms with Crippen molar-refractivity contribution in [2.45, 2.75) is 32.6 Å². The lowest BCUT2D eigenvalue weighted by Gasteiger charge is -2.10. The minimum absolute atomic E-state index is 0.342. The molecule has 1 heterocycles. The van der Waals surface area contributed by atoms with Crippen molar-refractivity contribution in [3.8, 4) is 0 Å². The molecule has 0 saturated heterocycles. The van der Waals surface area contributed by atoms with E-state index in [1.807, 2.05) is 0 Å². The minimum atomic E-state index is -0.382. The number of nitrogens with one attached hydrogen (secondary N) is 1. The van der Waals surface area contributed by atoms with Crippen LogP contribution in [0.4, 0.5) is 11.5 Å². The summed E-state index contributed by atoms with van der Waals surface area (Å²) in [5.41, 5.74) is 6.54. The summed E-state index contributed by atoms with van der Waals surface area (Å²) >= 11 is 0. The number of nitrogens with zero attached hydrogens (tertiary/aromatic N) is 1. The smallest absolute Gasteiger partial charge is 0.341 e. The predicted molar refractivity (Wildman–Crippen MR) is 75.1 cm³/mol. The average molecular weight is 263 g/mol. The maximum Gasteiger partial charge on any atom is 0.341 e. The molecule has 104 valence electrons. The molecule has 5 nitrogen and oxygen atoms in total. The van der Waals surface area contributed by atoms with E-state index in [1.165, 1.54) is 19.3 Å². The number of nitrogen functional groups attached to an aromatic ring is 1. The van der Waals surface area contributed by atoms with Crippen LogP contribution in [0.1, 0.15) is 43.0 Å². The Hall–Kier alpha value is -1.78. The van der Waals surface area contributed by atoms with Crippen molar-refractivity contribution in [1.29, 1.82) is 0 Å². The van der Waals surface area contributed by atoms with Gasteiger partial charge in [0.1, 0.15) is 11.4 Å². The summed E-state index contributed by atoms with van der Waals surface area (Å²) in [6, 6.07) is 1.61. The molecular weight excluding hydrogens is 242 g/mol. The normalized spacial score (nSPS) is 14.2. The van der Waals surface area contributed by atoms with Crippen molar-refractivity contribution in [3.63, 3.8) is 0 Å². The highest BCUT2D eigenvalue weighted by molar-refractivity contribution is 5.95. The summed E-state index contributed by atoms with van der Waals surface area (Å²) in [6.07, 6.45) is 6.63. The van der Waals surface area contributed by atoms with Crippen molar-refractivity contribution in [2.24, 2.45) is 5.92 Å². The van der Waals surface area contributed by atoms with E-state index in [-0.39, 0.29) is 5.97 Å². The Labute approximate surface area is 113 Å². The molecule has 1 aromatic rings. The average Bonchev–Trinajstić information content (AvgIpc) is 3.20. The molecule has 0 amide bonds. The van der Waals surface area contributed by atoms with Gasteiger partial charge in [-0.25, -0.2) is 9.78 Å². The molecule has 1 aliphatic rings. The molecule has 5 heteroatoms. The van der Waals surface area contributed by atoms with Gasteiger partial charge in [-0.05, 0) is 31.7 Å². The number of esters is 1. The van der Waals surface area contributed by atoms with E-state index in [4.69, 9.17) is 10.5 Å². The van der Waals surface area contributed by atoms with Crippen LogP contribution in [0.3, 0.4) is 0 Å². The molecule has 1 saturated carbocycles. The van der Waals surface area contributed by atoms with E-state index in [1.54, 1.807) is 19.2 Å². The van der Waals surface area contributed by atoms with Crippen molar-refractivity contribution in [3.05, 3.63) is 17.8 Å². The molecule has 0 radical (unpaired) electrons. The first-order chi connectivity index (χ1) is 9.20. The molecule has 0 atom stereocenters. The lowest BCUT2D eigenvalue weighted by molar-refractivity contribution is 0.0527. The van der Waals surface area contributed by atoms with Crippen LogP contribution in [0.2, 0.25) is 0 Å². The summed E-state index contributed by atoms with van der Waals surface area (Å²) in [4.78, 5) is 16.0. The molecule has 19 heavy (non-hydrogen) atoms. The molecule has 0 aliphatic heterocycles. The van der Waals surface area contributed by atoms with Gasteiger partial charge in [-0.2, -0.15) is 0 Å². The molecule has 1 aromatic heterocycles. The van der Waals surface area contributed by atoms with Crippen molar-refractivity contribution >= 4 is 17.5 Å². The van der Waals surface area contributed by atoms with Crippen LogP contribution >= 0.6 is 0 Å². The van der Waals surface area contributed by atoms with Crippen LogP contribution in [-0.2, 0) is 4.74 Å². The van der Waals surface area contributed by atoms with Gasteiger partial charge in [0.25, 0.3) is 0 Å². The Morgan fingerprint density at radius 2 is 2.37 bits per heavy atom. The maximum atomic E-state index is 11.8. The number of rotatable bonds is 7. The second kappa shape index (κ2) is 6.41. The highest BCUT2D eigenvalue weighted by atomic mass is 16.5. The van der Waals surface area contributed by atoms with Crippen LogP contribution in [0.5, 0.6) is 0 Å². The van der Waals surface area contributed by atoms with Gasteiger partial charge >= 0.3 is 5.97 Å². The summed E-state index contributed by atoms with van der Waals surface area (Å²) in [5, 5.41) is 3.20. The minimum Gasteiger partial charge on any atom is -0.462 e. The van der Waals surface area contributed by atoms with Crippen LogP contribution in [-0.4, -0.2) is 24.1 Å². The zero-order valence-corrected chi connectivity index (χ0v) is 11.3. The summed E-state index contributed by atoms with van der Waals surface area (Å²) in [5.74, 6) is 1.10. The van der Waals surface area contributed by atoms with Gasteiger partial charge < -0.3 is 15.8 Å². The fourth-order valence-electron chi connectivity index (χ4n) is 1.99. The van der Waals surface area contributed by atoms with Crippen LogP contribution < -0.4 is 11.1 Å². The number of hydrogen-bond donors (Lipinski definition) is 2. The van der Waals surface area contributed by atoms with Gasteiger partial charge in [0.05, 0.1) is 18.5 Å². The number of aromatic nitrogens is 1. The number of ether oxygens (including phenoxy) is 1. The topological polar surface area (TPSA) is 77.2 Å². The predicted octanol–water partition coefficient (Wildman–Crippen LogP) is 2.44. The Kier molecular flexibility index (Phi) is 4.60. The first-order valence-corrected chi connectivity index (χ1v) is 6.87. The van der Waals surface area contributed by atoms with Crippen molar-refractivity contribution in [2.75, 3.05) is 24.2 Å². The molecular formula is C14H21N3O2. The number of carbonyl (C=O) groups is 1. The second-order valence-corrected chi connectivity index (χ2v) is 4.90. The van der Waals surface area contributed by atoms with E-state index >= 15 is 0 Å². The Bertz CT molecular complexity index is 444. The molecule has 2 rings (SSSR count). The molecule has 0 unspecified atom stereocenters. The molecule has 0 bridgehead atoms. The summed E-state index contributed by atoms with van der Waals surface area (Å²) in [7, 11) is 0. The van der Waals surface area contributed by atoms with Crippen LogP contribution in [0, 0.1) is 5.92 Å². The number of pyridine rings is 1. The van der Waals surface area contributed by atoms with E-state index in [0.29, 0.717) is 23.7 Å². The van der Waals surface area contributed by atoms with Crippen molar-refractivity contribution < 1.29 is 9.53 Å². The van der Waals surface area contributed by atoms with Gasteiger partial charge in [0.2, 0.25) is 0 Å². The number of anilines is 2. The molecule has 0 spiro atoms. The van der Waals surface area contributed by atoms with Gasteiger partial charge in [-0.3, -0.25) is 0 Å². The third-order valence-electron chi connectivity index (χ3n) is 3.18. The van der Waals surface area contributed by atoms with Gasteiger partial charge in [-0.1, -0.05) is 12.8 Å². The van der Waals surface area contributed by atoms with Gasteiger partial charge in [0.15, 0.2) is 0 Å². The summed E-state index contributed by atoms with van der Waals surface area (Å²) in [6.45, 7) is 2.94. The zero-order valence-electron chi connectivity index (χ0n) is 11.3. The highest BCUT2D eigenvalue weighted by Gasteiger charge is 2.20. The first-order valence-electron chi connectivity index (χ1n) is 6.87. The third-order valence-corrected chi connectivity index (χ3v) is 3.18. The molecule has 1 fully saturated rings. The third kappa shape index (κ3) is 4.12. The van der Waals surface area contributed by atoms with E-state index < -0.39 is 0 Å². The SMILES string of the molecule is CCOC(=O)c1cc(N)cnc1NCCCC1CC1. The molecule has 1 aliphatic carbocycles. The number of carbonyl (C=O) groups excluding carboxylic acids is 1. The lowest BCUT2D eigenvalue weighted by atomic mass is 10.2. The fourth-order valence-corrected chi connectivity index (χ4v) is 1.99. The first kappa shape index (κ1) is 13.6. The Balaban J connectivity index is 1.94. The van der Waals surface area contributed by atoms with Crippen LogP contribution in [0.25, 0.3) is 0 Å². The standard InChI is InChI=1S/C14H21N3O2/c1-2-19-14(18)12-8-11(15)9-17-13(12)16-7-3-4-10-5-6-10/h8-10H,2-7,15H2,1H3,(H,16,17). The maximum absolute atomic E-state index is 11.8. The van der Waals surface area contributed by atoms with Crippen molar-refractivity contribution in [1.82, 2.24) is 4.98 Å². The van der Waals surface area contributed by atoms with E-state index in [2.05, 4.69) is 10.3 Å². The largest absolute Gasteiger partial charge is 0.462 e. The Morgan fingerprint density at radius 3 is 3.05 bits per heavy atom. The lowest BCUT2D eigenvalue weighted by Crippen LogP contribution is -2.13. The fraction of sp³-hybridized carbons (Fsp3) is 0.571.